The Morgan fingerprint density at radius 2 is 1.87 bits per heavy atom. The van der Waals surface area contributed by atoms with Gasteiger partial charge in [-0.1, -0.05) is 15.9 Å². The molecule has 1 saturated carbocycles. The van der Waals surface area contributed by atoms with Gasteiger partial charge in [0.15, 0.2) is 11.5 Å². The Morgan fingerprint density at radius 1 is 1.20 bits per heavy atom. The van der Waals surface area contributed by atoms with Crippen LogP contribution in [0.5, 0.6) is 11.5 Å². The number of fused-ring (bicyclic) bond motifs is 1. The molecule has 0 bridgehead atoms. The Kier molecular flexibility index (Phi) is 1.97. The molecule has 4 heteroatoms. The molecule has 1 aliphatic heterocycles. The lowest BCUT2D eigenvalue weighted by Crippen LogP contribution is -2.43. The molecule has 15 heavy (non-hydrogen) atoms. The molecule has 3 rings (SSSR count). The van der Waals surface area contributed by atoms with Crippen LogP contribution in [0.25, 0.3) is 0 Å². The lowest BCUT2D eigenvalue weighted by molar-refractivity contribution is 0.173. The van der Waals surface area contributed by atoms with Crippen LogP contribution < -0.4 is 15.2 Å². The van der Waals surface area contributed by atoms with Gasteiger partial charge in [-0.25, -0.2) is 0 Å². The molecule has 1 aliphatic carbocycles. The Bertz CT molecular complexity index is 415. The first-order chi connectivity index (χ1) is 7.19. The summed E-state index contributed by atoms with van der Waals surface area (Å²) in [5.74, 6) is 1.61. The number of nitrogens with two attached hydrogens (primary N) is 1. The highest BCUT2D eigenvalue weighted by molar-refractivity contribution is 9.10. The van der Waals surface area contributed by atoms with Gasteiger partial charge in [-0.2, -0.15) is 0 Å². The predicted molar refractivity (Wildman–Crippen MR) is 60.0 cm³/mol. The zero-order valence-corrected chi connectivity index (χ0v) is 9.84. The molecule has 80 valence electrons. The topological polar surface area (TPSA) is 44.5 Å². The second-order valence-corrected chi connectivity index (χ2v) is 5.05. The van der Waals surface area contributed by atoms with E-state index in [9.17, 15) is 0 Å². The summed E-state index contributed by atoms with van der Waals surface area (Å²) in [5, 5.41) is 0. The fourth-order valence-corrected chi connectivity index (χ4v) is 2.84. The van der Waals surface area contributed by atoms with Gasteiger partial charge in [0.05, 0.1) is 0 Å². The monoisotopic (exact) mass is 269 g/mol. The van der Waals surface area contributed by atoms with Crippen LogP contribution in [0.2, 0.25) is 0 Å². The van der Waals surface area contributed by atoms with Gasteiger partial charge in [0.1, 0.15) is 0 Å². The number of ether oxygens (including phenoxy) is 2. The largest absolute Gasteiger partial charge is 0.454 e. The molecule has 1 fully saturated rings. The van der Waals surface area contributed by atoms with Crippen LogP contribution in [0.4, 0.5) is 0 Å². The maximum absolute atomic E-state index is 6.29. The normalized spacial score (nSPS) is 21.2. The van der Waals surface area contributed by atoms with E-state index < -0.39 is 0 Å². The van der Waals surface area contributed by atoms with E-state index in [0.29, 0.717) is 6.79 Å². The first-order valence-electron chi connectivity index (χ1n) is 5.08. The number of hydrogen-bond acceptors (Lipinski definition) is 3. The maximum atomic E-state index is 6.29. The summed E-state index contributed by atoms with van der Waals surface area (Å²) >= 11 is 3.54. The minimum absolute atomic E-state index is 0.167. The average molecular weight is 270 g/mol. The standard InChI is InChI=1S/C11H12BrNO2/c12-8-5-10-9(14-6-15-10)4-7(8)11(13)2-1-3-11/h4-5H,1-3,6,13H2. The number of rotatable bonds is 1. The predicted octanol–water partition coefficient (Wildman–Crippen LogP) is 2.52. The van der Waals surface area contributed by atoms with Crippen molar-refractivity contribution in [2.75, 3.05) is 6.79 Å². The maximum Gasteiger partial charge on any atom is 0.231 e. The lowest BCUT2D eigenvalue weighted by atomic mass is 9.73. The zero-order chi connectivity index (χ0) is 10.5. The van der Waals surface area contributed by atoms with Crippen LogP contribution in [0.3, 0.4) is 0 Å². The molecule has 0 radical (unpaired) electrons. The summed E-state index contributed by atoms with van der Waals surface area (Å²) in [4.78, 5) is 0. The third-order valence-electron chi connectivity index (χ3n) is 3.24. The van der Waals surface area contributed by atoms with Crippen molar-refractivity contribution < 1.29 is 9.47 Å². The summed E-state index contributed by atoms with van der Waals surface area (Å²) < 4.78 is 11.7. The van der Waals surface area contributed by atoms with Gasteiger partial charge >= 0.3 is 0 Å². The van der Waals surface area contributed by atoms with Crippen molar-refractivity contribution in [3.05, 3.63) is 22.2 Å². The van der Waals surface area contributed by atoms with Crippen LogP contribution in [-0.2, 0) is 5.54 Å². The van der Waals surface area contributed by atoms with E-state index in [1.54, 1.807) is 0 Å². The van der Waals surface area contributed by atoms with Crippen molar-refractivity contribution in [3.8, 4) is 11.5 Å². The van der Waals surface area contributed by atoms with Crippen molar-refractivity contribution in [3.63, 3.8) is 0 Å². The van der Waals surface area contributed by atoms with Gasteiger partial charge in [0.25, 0.3) is 0 Å². The van der Waals surface area contributed by atoms with E-state index in [2.05, 4.69) is 15.9 Å². The minimum Gasteiger partial charge on any atom is -0.454 e. The first kappa shape index (κ1) is 9.48. The Labute approximate surface area is 96.7 Å². The third kappa shape index (κ3) is 1.35. The second kappa shape index (κ2) is 3.12. The lowest BCUT2D eigenvalue weighted by Gasteiger charge is -2.39. The summed E-state index contributed by atoms with van der Waals surface area (Å²) in [6.07, 6.45) is 3.30. The fourth-order valence-electron chi connectivity index (χ4n) is 2.13. The van der Waals surface area contributed by atoms with Gasteiger partial charge in [-0.05, 0) is 37.0 Å². The van der Waals surface area contributed by atoms with E-state index in [-0.39, 0.29) is 5.54 Å². The van der Waals surface area contributed by atoms with E-state index in [0.717, 1.165) is 34.4 Å². The van der Waals surface area contributed by atoms with Crippen molar-refractivity contribution in [2.45, 2.75) is 24.8 Å². The summed E-state index contributed by atoms with van der Waals surface area (Å²) in [5.41, 5.74) is 7.26. The molecule has 2 N–H and O–H groups in total. The molecule has 1 aromatic rings. The fraction of sp³-hybridized carbons (Fsp3) is 0.455. The van der Waals surface area contributed by atoms with Crippen molar-refractivity contribution in [2.24, 2.45) is 5.73 Å². The van der Waals surface area contributed by atoms with Gasteiger partial charge < -0.3 is 15.2 Å². The van der Waals surface area contributed by atoms with E-state index in [1.807, 2.05) is 12.1 Å². The highest BCUT2D eigenvalue weighted by Crippen LogP contribution is 2.46. The molecule has 0 unspecified atom stereocenters. The molecule has 0 amide bonds. The van der Waals surface area contributed by atoms with Crippen LogP contribution >= 0.6 is 15.9 Å². The van der Waals surface area contributed by atoms with E-state index in [1.165, 1.54) is 6.42 Å². The second-order valence-electron chi connectivity index (χ2n) is 4.20. The molecule has 0 aromatic heterocycles. The van der Waals surface area contributed by atoms with Crippen molar-refractivity contribution >= 4 is 15.9 Å². The minimum atomic E-state index is -0.167. The van der Waals surface area contributed by atoms with Crippen LogP contribution in [0.15, 0.2) is 16.6 Å². The Hall–Kier alpha value is -0.740. The number of halogens is 1. The number of benzene rings is 1. The highest BCUT2D eigenvalue weighted by atomic mass is 79.9. The van der Waals surface area contributed by atoms with Crippen LogP contribution in [-0.4, -0.2) is 6.79 Å². The molecule has 0 saturated heterocycles. The van der Waals surface area contributed by atoms with Crippen molar-refractivity contribution in [1.29, 1.82) is 0 Å². The van der Waals surface area contributed by atoms with Gasteiger partial charge in [0.2, 0.25) is 6.79 Å². The molecule has 1 heterocycles. The third-order valence-corrected chi connectivity index (χ3v) is 3.90. The molecule has 1 aromatic carbocycles. The SMILES string of the molecule is NC1(c2cc3c(cc2Br)OCO3)CCC1. The summed E-state index contributed by atoms with van der Waals surface area (Å²) in [6.45, 7) is 0.308. The van der Waals surface area contributed by atoms with Crippen LogP contribution in [0.1, 0.15) is 24.8 Å². The summed E-state index contributed by atoms with van der Waals surface area (Å²) in [7, 11) is 0. The van der Waals surface area contributed by atoms with Gasteiger partial charge in [-0.15, -0.1) is 0 Å². The molecule has 0 atom stereocenters. The van der Waals surface area contributed by atoms with Gasteiger partial charge in [0, 0.05) is 10.0 Å². The average Bonchev–Trinajstić information content (AvgIpc) is 2.60. The summed E-state index contributed by atoms with van der Waals surface area (Å²) in [6, 6.07) is 3.95. The molecule has 3 nitrogen and oxygen atoms in total. The Morgan fingerprint density at radius 3 is 2.47 bits per heavy atom. The molecular weight excluding hydrogens is 258 g/mol. The smallest absolute Gasteiger partial charge is 0.231 e. The van der Waals surface area contributed by atoms with Gasteiger partial charge in [-0.3, -0.25) is 0 Å². The highest BCUT2D eigenvalue weighted by Gasteiger charge is 2.37. The van der Waals surface area contributed by atoms with Crippen LogP contribution in [0, 0.1) is 0 Å². The quantitative estimate of drug-likeness (QED) is 0.852. The van der Waals surface area contributed by atoms with E-state index in [4.69, 9.17) is 15.2 Å². The first-order valence-corrected chi connectivity index (χ1v) is 5.87. The zero-order valence-electron chi connectivity index (χ0n) is 8.25. The molecule has 2 aliphatic rings. The van der Waals surface area contributed by atoms with Crippen molar-refractivity contribution in [1.82, 2.24) is 0 Å². The number of hydrogen-bond donors (Lipinski definition) is 1. The molecular formula is C11H12BrNO2. The molecule has 0 spiro atoms. The van der Waals surface area contributed by atoms with E-state index >= 15 is 0 Å². The Balaban J connectivity index is 2.08.